The molecule has 0 aliphatic rings. The molecule has 0 spiro atoms. The van der Waals surface area contributed by atoms with Crippen LogP contribution in [0.3, 0.4) is 0 Å². The molecule has 0 radical (unpaired) electrons. The van der Waals surface area contributed by atoms with Gasteiger partial charge in [0, 0.05) is 5.56 Å². The van der Waals surface area contributed by atoms with E-state index in [4.69, 9.17) is 10.5 Å². The van der Waals surface area contributed by atoms with Crippen molar-refractivity contribution in [2.75, 3.05) is 0 Å². The summed E-state index contributed by atoms with van der Waals surface area (Å²) < 4.78 is 0. The fourth-order valence-electron chi connectivity index (χ4n) is 1.31. The molecular formula is C12H10N2O2. The van der Waals surface area contributed by atoms with Crippen LogP contribution < -0.4 is 0 Å². The third-order valence-corrected chi connectivity index (χ3v) is 2.30. The zero-order valence-electron chi connectivity index (χ0n) is 8.94. The number of phenols is 2. The standard InChI is InChI=1S/C12H10N2O2/c1-7-3-10(4-9(5-13)6-14)8(2)12(16)11(7)15/h3-4,15-16H,1-2H3. The second-order valence-corrected chi connectivity index (χ2v) is 3.39. The number of hydrogen-bond donors (Lipinski definition) is 2. The monoisotopic (exact) mass is 214 g/mol. The van der Waals surface area contributed by atoms with Gasteiger partial charge in [0.15, 0.2) is 11.5 Å². The van der Waals surface area contributed by atoms with Gasteiger partial charge >= 0.3 is 0 Å². The summed E-state index contributed by atoms with van der Waals surface area (Å²) >= 11 is 0. The minimum absolute atomic E-state index is 0.0485. The molecule has 2 N–H and O–H groups in total. The molecule has 0 saturated heterocycles. The first-order chi connectivity index (χ1) is 7.51. The molecule has 0 aromatic heterocycles. The third kappa shape index (κ3) is 1.97. The third-order valence-electron chi connectivity index (χ3n) is 2.30. The molecule has 0 amide bonds. The summed E-state index contributed by atoms with van der Waals surface area (Å²) in [6.07, 6.45) is 1.38. The Morgan fingerprint density at radius 2 is 1.75 bits per heavy atom. The van der Waals surface area contributed by atoms with Crippen molar-refractivity contribution in [3.63, 3.8) is 0 Å². The smallest absolute Gasteiger partial charge is 0.161 e. The molecule has 0 aliphatic carbocycles. The lowest BCUT2D eigenvalue weighted by molar-refractivity contribution is 0.398. The van der Waals surface area contributed by atoms with E-state index in [0.29, 0.717) is 16.7 Å². The lowest BCUT2D eigenvalue weighted by Crippen LogP contribution is -1.87. The van der Waals surface area contributed by atoms with Crippen molar-refractivity contribution in [3.8, 4) is 23.6 Å². The maximum Gasteiger partial charge on any atom is 0.161 e. The molecule has 0 unspecified atom stereocenters. The first-order valence-corrected chi connectivity index (χ1v) is 4.55. The Hall–Kier alpha value is -2.46. The largest absolute Gasteiger partial charge is 0.504 e. The van der Waals surface area contributed by atoms with Gasteiger partial charge in [-0.1, -0.05) is 0 Å². The van der Waals surface area contributed by atoms with E-state index in [1.807, 2.05) is 0 Å². The highest BCUT2D eigenvalue weighted by Gasteiger charge is 2.10. The van der Waals surface area contributed by atoms with Crippen molar-refractivity contribution in [2.24, 2.45) is 0 Å². The van der Waals surface area contributed by atoms with Crippen LogP contribution in [0.5, 0.6) is 11.5 Å². The van der Waals surface area contributed by atoms with Crippen LogP contribution >= 0.6 is 0 Å². The number of nitrogens with zero attached hydrogens (tertiary/aromatic N) is 2. The van der Waals surface area contributed by atoms with Gasteiger partial charge in [0.05, 0.1) is 0 Å². The van der Waals surface area contributed by atoms with Gasteiger partial charge in [-0.25, -0.2) is 0 Å². The van der Waals surface area contributed by atoms with E-state index < -0.39 is 0 Å². The summed E-state index contributed by atoms with van der Waals surface area (Å²) in [5, 5.41) is 36.3. The van der Waals surface area contributed by atoms with Crippen LogP contribution in [0.1, 0.15) is 16.7 Å². The number of phenolic OH excluding ortho intramolecular Hbond substituents is 2. The summed E-state index contributed by atoms with van der Waals surface area (Å²) in [7, 11) is 0. The Balaban J connectivity index is 3.45. The highest BCUT2D eigenvalue weighted by atomic mass is 16.3. The van der Waals surface area contributed by atoms with E-state index in [2.05, 4.69) is 0 Å². The average molecular weight is 214 g/mol. The Morgan fingerprint density at radius 1 is 1.19 bits per heavy atom. The van der Waals surface area contributed by atoms with Crippen LogP contribution in [-0.2, 0) is 0 Å². The number of hydrogen-bond acceptors (Lipinski definition) is 4. The van der Waals surface area contributed by atoms with Gasteiger partial charge in [0.25, 0.3) is 0 Å². The normalized spacial score (nSPS) is 9.00. The summed E-state index contributed by atoms with van der Waals surface area (Å²) in [6, 6.07) is 5.08. The van der Waals surface area contributed by atoms with Gasteiger partial charge in [-0.2, -0.15) is 10.5 Å². The fourth-order valence-corrected chi connectivity index (χ4v) is 1.31. The number of allylic oxidation sites excluding steroid dienone is 1. The fraction of sp³-hybridized carbons (Fsp3) is 0.167. The average Bonchev–Trinajstić information content (AvgIpc) is 2.29. The van der Waals surface area contributed by atoms with Gasteiger partial charge in [-0.3, -0.25) is 0 Å². The second kappa shape index (κ2) is 4.37. The van der Waals surface area contributed by atoms with Crippen molar-refractivity contribution in [1.29, 1.82) is 10.5 Å². The maximum atomic E-state index is 9.58. The van der Waals surface area contributed by atoms with Crippen molar-refractivity contribution in [3.05, 3.63) is 28.3 Å². The Kier molecular flexibility index (Phi) is 3.17. The van der Waals surface area contributed by atoms with E-state index in [0.717, 1.165) is 0 Å². The van der Waals surface area contributed by atoms with E-state index in [1.165, 1.54) is 6.08 Å². The topological polar surface area (TPSA) is 88.0 Å². The number of aryl methyl sites for hydroxylation is 1. The molecule has 0 aliphatic heterocycles. The molecule has 0 atom stereocenters. The van der Waals surface area contributed by atoms with Crippen LogP contribution in [0.15, 0.2) is 11.6 Å². The van der Waals surface area contributed by atoms with Crippen molar-refractivity contribution in [2.45, 2.75) is 13.8 Å². The molecule has 0 saturated carbocycles. The van der Waals surface area contributed by atoms with Crippen molar-refractivity contribution in [1.82, 2.24) is 0 Å². The summed E-state index contributed by atoms with van der Waals surface area (Å²) in [5.41, 5.74) is 1.43. The Labute approximate surface area is 93.3 Å². The van der Waals surface area contributed by atoms with E-state index >= 15 is 0 Å². The molecular weight excluding hydrogens is 204 g/mol. The first-order valence-electron chi connectivity index (χ1n) is 4.55. The molecule has 4 nitrogen and oxygen atoms in total. The minimum atomic E-state index is -0.221. The molecule has 0 heterocycles. The molecule has 1 aromatic carbocycles. The highest BCUT2D eigenvalue weighted by Crippen LogP contribution is 2.34. The molecule has 1 aromatic rings. The second-order valence-electron chi connectivity index (χ2n) is 3.39. The SMILES string of the molecule is Cc1cc(C=C(C#N)C#N)c(C)c(O)c1O. The molecule has 80 valence electrons. The van der Waals surface area contributed by atoms with Gasteiger partial charge in [0.2, 0.25) is 0 Å². The maximum absolute atomic E-state index is 9.58. The summed E-state index contributed by atoms with van der Waals surface area (Å²) in [6.45, 7) is 3.23. The van der Waals surface area contributed by atoms with E-state index in [9.17, 15) is 10.2 Å². The lowest BCUT2D eigenvalue weighted by Gasteiger charge is -2.08. The Bertz CT molecular complexity index is 530. The summed E-state index contributed by atoms with van der Waals surface area (Å²) in [5.74, 6) is -0.397. The predicted octanol–water partition coefficient (Wildman–Crippen LogP) is 2.15. The highest BCUT2D eigenvalue weighted by molar-refractivity contribution is 5.69. The van der Waals surface area contributed by atoms with Gasteiger partial charge < -0.3 is 10.2 Å². The molecule has 16 heavy (non-hydrogen) atoms. The lowest BCUT2D eigenvalue weighted by atomic mass is 10.0. The van der Waals surface area contributed by atoms with Crippen molar-refractivity contribution >= 4 is 6.08 Å². The number of rotatable bonds is 1. The van der Waals surface area contributed by atoms with Gasteiger partial charge in [-0.15, -0.1) is 0 Å². The van der Waals surface area contributed by atoms with Crippen LogP contribution in [0.4, 0.5) is 0 Å². The van der Waals surface area contributed by atoms with Crippen LogP contribution in [0.2, 0.25) is 0 Å². The van der Waals surface area contributed by atoms with E-state index in [-0.39, 0.29) is 17.1 Å². The number of aromatic hydroxyl groups is 2. The predicted molar refractivity (Wildman–Crippen MR) is 58.4 cm³/mol. The van der Waals surface area contributed by atoms with E-state index in [1.54, 1.807) is 32.1 Å². The zero-order valence-corrected chi connectivity index (χ0v) is 8.94. The van der Waals surface area contributed by atoms with Gasteiger partial charge in [0.1, 0.15) is 17.7 Å². The van der Waals surface area contributed by atoms with Crippen LogP contribution in [0, 0.1) is 36.5 Å². The zero-order chi connectivity index (χ0) is 12.3. The van der Waals surface area contributed by atoms with Gasteiger partial charge in [-0.05, 0) is 37.1 Å². The molecule has 0 fully saturated rings. The molecule has 4 heteroatoms. The van der Waals surface area contributed by atoms with Crippen LogP contribution in [-0.4, -0.2) is 10.2 Å². The minimum Gasteiger partial charge on any atom is -0.504 e. The first kappa shape index (κ1) is 11.6. The number of nitriles is 2. The molecule has 0 bridgehead atoms. The quantitative estimate of drug-likeness (QED) is 0.553. The molecule has 1 rings (SSSR count). The summed E-state index contributed by atoms with van der Waals surface area (Å²) in [4.78, 5) is 0. The van der Waals surface area contributed by atoms with Crippen molar-refractivity contribution < 1.29 is 10.2 Å². The number of benzene rings is 1. The Morgan fingerprint density at radius 3 is 2.25 bits per heavy atom. The van der Waals surface area contributed by atoms with Crippen LogP contribution in [0.25, 0.3) is 6.08 Å².